The van der Waals surface area contributed by atoms with E-state index in [1.54, 1.807) is 12.1 Å². The average Bonchev–Trinajstić information content (AvgIpc) is 2.79. The molecule has 0 atom stereocenters. The molecule has 2 amide bonds. The third kappa shape index (κ3) is 5.90. The zero-order chi connectivity index (χ0) is 21.4. The van der Waals surface area contributed by atoms with Crippen LogP contribution in [-0.4, -0.2) is 44.2 Å². The lowest BCUT2D eigenvalue weighted by Crippen LogP contribution is -2.35. The summed E-state index contributed by atoms with van der Waals surface area (Å²) < 4.78 is 27.1. The fraction of sp³-hybridized carbons (Fsp3) is 0.364. The molecule has 0 aliphatic carbocycles. The molecule has 2 aromatic carbocycles. The predicted octanol–water partition coefficient (Wildman–Crippen LogP) is 2.30. The van der Waals surface area contributed by atoms with Gasteiger partial charge in [-0.15, -0.1) is 0 Å². The Kier molecular flexibility index (Phi) is 7.59. The topological polar surface area (TPSA) is 95.6 Å². The summed E-state index contributed by atoms with van der Waals surface area (Å²) in [7, 11) is -3.60. The summed E-state index contributed by atoms with van der Waals surface area (Å²) in [4.78, 5) is 24.5. The number of benzene rings is 2. The van der Waals surface area contributed by atoms with Crippen LogP contribution in [0.3, 0.4) is 0 Å². The monoisotopic (exact) mass is 429 g/mol. The van der Waals surface area contributed by atoms with Gasteiger partial charge < -0.3 is 10.6 Å². The fourth-order valence-electron chi connectivity index (χ4n) is 3.33. The maximum Gasteiger partial charge on any atom is 0.251 e. The van der Waals surface area contributed by atoms with Crippen LogP contribution >= 0.6 is 0 Å². The van der Waals surface area contributed by atoms with E-state index in [1.165, 1.54) is 16.4 Å². The van der Waals surface area contributed by atoms with Crippen molar-refractivity contribution in [2.24, 2.45) is 0 Å². The first-order chi connectivity index (χ1) is 14.5. The first-order valence-electron chi connectivity index (χ1n) is 10.2. The van der Waals surface area contributed by atoms with Crippen molar-refractivity contribution in [3.05, 3.63) is 65.7 Å². The van der Waals surface area contributed by atoms with Crippen LogP contribution in [-0.2, 0) is 21.4 Å². The van der Waals surface area contributed by atoms with Gasteiger partial charge in [-0.05, 0) is 36.6 Å². The SMILES string of the molecule is O=C(CCNC(=O)c1cccc(S(=O)(=O)N2CCCCC2)c1)NCc1ccccc1. The van der Waals surface area contributed by atoms with Crippen molar-refractivity contribution in [2.45, 2.75) is 37.1 Å². The molecule has 7 nitrogen and oxygen atoms in total. The summed E-state index contributed by atoms with van der Waals surface area (Å²) in [6.45, 7) is 1.63. The molecule has 0 spiro atoms. The van der Waals surface area contributed by atoms with Crippen LogP contribution in [0.15, 0.2) is 59.5 Å². The van der Waals surface area contributed by atoms with Gasteiger partial charge in [0, 0.05) is 38.2 Å². The molecule has 0 saturated carbocycles. The lowest BCUT2D eigenvalue weighted by molar-refractivity contribution is -0.121. The number of carbonyl (C=O) groups excluding carboxylic acids is 2. The van der Waals surface area contributed by atoms with Crippen LogP contribution < -0.4 is 10.6 Å². The number of hydrogen-bond donors (Lipinski definition) is 2. The standard InChI is InChI=1S/C22H27N3O4S/c26-21(24-17-18-8-3-1-4-9-18)12-13-23-22(27)19-10-7-11-20(16-19)30(28,29)25-14-5-2-6-15-25/h1,3-4,7-11,16H,2,5-6,12-15,17H2,(H,23,27)(H,24,26). The molecule has 2 aromatic rings. The van der Waals surface area contributed by atoms with E-state index in [0.29, 0.717) is 19.6 Å². The second-order valence-electron chi connectivity index (χ2n) is 7.26. The van der Waals surface area contributed by atoms with Gasteiger partial charge in [0.05, 0.1) is 4.90 Å². The van der Waals surface area contributed by atoms with E-state index in [-0.39, 0.29) is 29.3 Å². The van der Waals surface area contributed by atoms with Crippen LogP contribution in [0.5, 0.6) is 0 Å². The molecular weight excluding hydrogens is 402 g/mol. The highest BCUT2D eigenvalue weighted by Gasteiger charge is 2.26. The van der Waals surface area contributed by atoms with Gasteiger partial charge in [-0.1, -0.05) is 42.8 Å². The molecule has 0 radical (unpaired) electrons. The predicted molar refractivity (Wildman–Crippen MR) is 114 cm³/mol. The smallest absolute Gasteiger partial charge is 0.251 e. The first-order valence-corrected chi connectivity index (χ1v) is 11.6. The van der Waals surface area contributed by atoms with Gasteiger partial charge in [0.15, 0.2) is 0 Å². The minimum Gasteiger partial charge on any atom is -0.352 e. The number of nitrogens with zero attached hydrogens (tertiary/aromatic N) is 1. The molecule has 0 unspecified atom stereocenters. The molecule has 1 aliphatic rings. The van der Waals surface area contributed by atoms with Crippen molar-refractivity contribution >= 4 is 21.8 Å². The number of nitrogens with one attached hydrogen (secondary N) is 2. The van der Waals surface area contributed by atoms with Gasteiger partial charge in [-0.25, -0.2) is 8.42 Å². The number of hydrogen-bond acceptors (Lipinski definition) is 4. The Morgan fingerprint density at radius 2 is 1.63 bits per heavy atom. The summed E-state index contributed by atoms with van der Waals surface area (Å²) in [6, 6.07) is 15.6. The van der Waals surface area contributed by atoms with E-state index in [0.717, 1.165) is 24.8 Å². The van der Waals surface area contributed by atoms with Gasteiger partial charge in [0.2, 0.25) is 15.9 Å². The van der Waals surface area contributed by atoms with Crippen LogP contribution in [0.2, 0.25) is 0 Å². The zero-order valence-electron chi connectivity index (χ0n) is 16.8. The highest BCUT2D eigenvalue weighted by atomic mass is 32.2. The van der Waals surface area contributed by atoms with Crippen molar-refractivity contribution in [2.75, 3.05) is 19.6 Å². The highest BCUT2D eigenvalue weighted by Crippen LogP contribution is 2.21. The fourth-order valence-corrected chi connectivity index (χ4v) is 4.89. The summed E-state index contributed by atoms with van der Waals surface area (Å²) in [5.41, 5.74) is 1.26. The van der Waals surface area contributed by atoms with E-state index in [2.05, 4.69) is 10.6 Å². The Morgan fingerprint density at radius 1 is 0.900 bits per heavy atom. The van der Waals surface area contributed by atoms with Gasteiger partial charge >= 0.3 is 0 Å². The average molecular weight is 430 g/mol. The maximum atomic E-state index is 12.8. The number of rotatable bonds is 8. The number of amides is 2. The first kappa shape index (κ1) is 22.0. The number of sulfonamides is 1. The van der Waals surface area contributed by atoms with Gasteiger partial charge in [-0.3, -0.25) is 9.59 Å². The third-order valence-corrected chi connectivity index (χ3v) is 6.91. The van der Waals surface area contributed by atoms with Crippen molar-refractivity contribution < 1.29 is 18.0 Å². The molecule has 8 heteroatoms. The van der Waals surface area contributed by atoms with Crippen molar-refractivity contribution in [1.29, 1.82) is 0 Å². The molecule has 0 bridgehead atoms. The Hall–Kier alpha value is -2.71. The molecule has 1 fully saturated rings. The van der Waals surface area contributed by atoms with Crippen LogP contribution in [0, 0.1) is 0 Å². The molecule has 1 aliphatic heterocycles. The van der Waals surface area contributed by atoms with Crippen molar-refractivity contribution in [3.63, 3.8) is 0 Å². The summed E-state index contributed by atoms with van der Waals surface area (Å²) in [5, 5.41) is 5.48. The van der Waals surface area contributed by atoms with Crippen LogP contribution in [0.1, 0.15) is 41.6 Å². The minimum absolute atomic E-state index is 0.123. The van der Waals surface area contributed by atoms with E-state index < -0.39 is 15.9 Å². The third-order valence-electron chi connectivity index (χ3n) is 5.02. The van der Waals surface area contributed by atoms with Crippen LogP contribution in [0.4, 0.5) is 0 Å². The Balaban J connectivity index is 1.51. The van der Waals surface area contributed by atoms with Gasteiger partial charge in [0.1, 0.15) is 0 Å². The lowest BCUT2D eigenvalue weighted by Gasteiger charge is -2.26. The zero-order valence-corrected chi connectivity index (χ0v) is 17.7. The largest absolute Gasteiger partial charge is 0.352 e. The second-order valence-corrected chi connectivity index (χ2v) is 9.20. The minimum atomic E-state index is -3.60. The Labute approximate surface area is 177 Å². The van der Waals surface area contributed by atoms with E-state index in [1.807, 2.05) is 30.3 Å². The molecule has 2 N–H and O–H groups in total. The van der Waals surface area contributed by atoms with E-state index >= 15 is 0 Å². The van der Waals surface area contributed by atoms with Gasteiger partial charge in [-0.2, -0.15) is 4.31 Å². The number of piperidine rings is 1. The normalized spacial score (nSPS) is 14.8. The van der Waals surface area contributed by atoms with Crippen molar-refractivity contribution in [1.82, 2.24) is 14.9 Å². The lowest BCUT2D eigenvalue weighted by atomic mass is 10.2. The van der Waals surface area contributed by atoms with Crippen LogP contribution in [0.25, 0.3) is 0 Å². The summed E-state index contributed by atoms with van der Waals surface area (Å²) >= 11 is 0. The highest BCUT2D eigenvalue weighted by molar-refractivity contribution is 7.89. The summed E-state index contributed by atoms with van der Waals surface area (Å²) in [5.74, 6) is -0.567. The van der Waals surface area contributed by atoms with Gasteiger partial charge in [0.25, 0.3) is 5.91 Å². The molecule has 1 saturated heterocycles. The quantitative estimate of drug-likeness (QED) is 0.673. The molecule has 1 heterocycles. The molecular formula is C22H27N3O4S. The maximum absolute atomic E-state index is 12.8. The molecule has 30 heavy (non-hydrogen) atoms. The van der Waals surface area contributed by atoms with E-state index in [4.69, 9.17) is 0 Å². The number of carbonyl (C=O) groups is 2. The molecule has 160 valence electrons. The molecule has 0 aromatic heterocycles. The summed E-state index contributed by atoms with van der Waals surface area (Å²) in [6.07, 6.45) is 2.88. The Morgan fingerprint density at radius 3 is 2.37 bits per heavy atom. The second kappa shape index (κ2) is 10.4. The molecule has 3 rings (SSSR count). The Bertz CT molecular complexity index is 971. The van der Waals surface area contributed by atoms with E-state index in [9.17, 15) is 18.0 Å². The van der Waals surface area contributed by atoms with Crippen molar-refractivity contribution in [3.8, 4) is 0 Å².